The Hall–Kier alpha value is -2.89. The number of anilines is 1. The number of hydrogen-bond donors (Lipinski definition) is 1. The fraction of sp³-hybridized carbons (Fsp3) is 0.133. The van der Waals surface area contributed by atoms with Gasteiger partial charge in [0.15, 0.2) is 5.75 Å². The molecule has 0 spiro atoms. The molecule has 2 rings (SSSR count). The zero-order chi connectivity index (χ0) is 15.1. The third-order valence-corrected chi connectivity index (χ3v) is 2.41. The van der Waals surface area contributed by atoms with Crippen molar-refractivity contribution in [3.63, 3.8) is 0 Å². The molecular weight excluding hydrogens is 268 g/mol. The minimum absolute atomic E-state index is 0.295. The molecule has 2 aromatic rings. The van der Waals surface area contributed by atoms with E-state index in [2.05, 4.69) is 15.3 Å². The van der Waals surface area contributed by atoms with Gasteiger partial charge < -0.3 is 9.64 Å². The molecule has 0 atom stereocenters. The van der Waals surface area contributed by atoms with E-state index in [-0.39, 0.29) is 0 Å². The highest BCUT2D eigenvalue weighted by atomic mass is 16.6. The number of hydrogen-bond acceptors (Lipinski definition) is 4. The van der Waals surface area contributed by atoms with Crippen molar-refractivity contribution in [3.05, 3.63) is 48.8 Å². The van der Waals surface area contributed by atoms with Gasteiger partial charge in [-0.05, 0) is 18.2 Å². The molecule has 1 N–H and O–H groups in total. The molecule has 0 aliphatic carbocycles. The van der Waals surface area contributed by atoms with Crippen LogP contribution in [0.4, 0.5) is 16.2 Å². The molecule has 108 valence electrons. The largest absolute Gasteiger partial charge is 0.417 e. The van der Waals surface area contributed by atoms with E-state index >= 15 is 0 Å². The molecule has 1 aromatic carbocycles. The Balaban J connectivity index is 2.07. The van der Waals surface area contributed by atoms with Crippen LogP contribution in [0, 0.1) is 0 Å². The minimum Gasteiger partial charge on any atom is -0.406 e. The number of carbonyl (C=O) groups is 1. The number of benzene rings is 1. The van der Waals surface area contributed by atoms with Crippen molar-refractivity contribution in [3.8, 4) is 5.75 Å². The fourth-order valence-corrected chi connectivity index (χ4v) is 1.50. The molecule has 1 heterocycles. The second-order valence-corrected chi connectivity index (χ2v) is 4.43. The molecule has 1 aromatic heterocycles. The molecule has 6 nitrogen and oxygen atoms in total. The molecule has 0 unspecified atom stereocenters. The molecule has 0 aliphatic rings. The lowest BCUT2D eigenvalue weighted by Crippen LogP contribution is -2.16. The van der Waals surface area contributed by atoms with Crippen LogP contribution < -0.4 is 10.1 Å². The van der Waals surface area contributed by atoms with Gasteiger partial charge in [0, 0.05) is 26.0 Å². The number of para-hydroxylation sites is 1. The normalized spacial score (nSPS) is 10.4. The Morgan fingerprint density at radius 1 is 1.29 bits per heavy atom. The van der Waals surface area contributed by atoms with Crippen LogP contribution >= 0.6 is 0 Å². The zero-order valence-corrected chi connectivity index (χ0v) is 11.9. The first-order chi connectivity index (χ1) is 10.1. The zero-order valence-electron chi connectivity index (χ0n) is 11.9. The molecule has 6 heteroatoms. The number of carbonyl (C=O) groups excluding carboxylic acids is 1. The van der Waals surface area contributed by atoms with Crippen LogP contribution in [0.25, 0.3) is 0 Å². The van der Waals surface area contributed by atoms with Crippen LogP contribution in [0.3, 0.4) is 0 Å². The first kappa shape index (κ1) is 14.5. The third kappa shape index (κ3) is 4.61. The van der Waals surface area contributed by atoms with Crippen molar-refractivity contribution in [2.24, 2.45) is 4.99 Å². The van der Waals surface area contributed by atoms with E-state index in [1.807, 2.05) is 32.3 Å². The highest BCUT2D eigenvalue weighted by Gasteiger charge is 2.09. The minimum atomic E-state index is -0.587. The Morgan fingerprint density at radius 3 is 2.76 bits per heavy atom. The van der Waals surface area contributed by atoms with E-state index in [4.69, 9.17) is 4.74 Å². The van der Waals surface area contributed by atoms with Gasteiger partial charge in [0.2, 0.25) is 0 Å². The molecule has 0 bridgehead atoms. The summed E-state index contributed by atoms with van der Waals surface area (Å²) in [4.78, 5) is 21.8. The van der Waals surface area contributed by atoms with Gasteiger partial charge in [-0.1, -0.05) is 18.2 Å². The van der Waals surface area contributed by atoms with E-state index in [1.165, 1.54) is 6.20 Å². The Bertz CT molecular complexity index is 627. The van der Waals surface area contributed by atoms with Gasteiger partial charge in [-0.2, -0.15) is 0 Å². The highest BCUT2D eigenvalue weighted by molar-refractivity contribution is 5.87. The van der Waals surface area contributed by atoms with Gasteiger partial charge in [0.25, 0.3) is 0 Å². The number of aromatic nitrogens is 1. The van der Waals surface area contributed by atoms with Gasteiger partial charge in [0.1, 0.15) is 5.69 Å². The smallest absolute Gasteiger partial charge is 0.406 e. The summed E-state index contributed by atoms with van der Waals surface area (Å²) in [5.41, 5.74) is 1.19. The summed E-state index contributed by atoms with van der Waals surface area (Å²) in [6.45, 7) is 0. The van der Waals surface area contributed by atoms with Gasteiger partial charge in [0.05, 0.1) is 12.5 Å². The van der Waals surface area contributed by atoms with E-state index < -0.39 is 6.09 Å². The molecule has 0 aliphatic heterocycles. The summed E-state index contributed by atoms with van der Waals surface area (Å²) in [6.07, 6.45) is 4.07. The van der Waals surface area contributed by atoms with Crippen LogP contribution in [-0.4, -0.2) is 36.4 Å². The predicted molar refractivity (Wildman–Crippen MR) is 82.2 cm³/mol. The fourth-order valence-electron chi connectivity index (χ4n) is 1.50. The first-order valence-electron chi connectivity index (χ1n) is 6.33. The molecule has 0 radical (unpaired) electrons. The summed E-state index contributed by atoms with van der Waals surface area (Å²) < 4.78 is 5.24. The Morgan fingerprint density at radius 2 is 2.05 bits per heavy atom. The molecule has 0 saturated heterocycles. The maximum atomic E-state index is 11.8. The van der Waals surface area contributed by atoms with Crippen molar-refractivity contribution >= 4 is 23.8 Å². The van der Waals surface area contributed by atoms with Crippen molar-refractivity contribution in [1.82, 2.24) is 9.88 Å². The van der Waals surface area contributed by atoms with Crippen LogP contribution in [-0.2, 0) is 0 Å². The summed E-state index contributed by atoms with van der Waals surface area (Å²) >= 11 is 0. The van der Waals surface area contributed by atoms with Crippen LogP contribution in [0.2, 0.25) is 0 Å². The number of aliphatic imine (C=N–C) groups is 1. The molecule has 0 saturated carbocycles. The standard InChI is InChI=1S/C15H16N4O2/c1-19(2)11-17-13-8-9-16-10-14(13)21-15(20)18-12-6-4-3-5-7-12/h3-11H,1-2H3,(H,18,20). The van der Waals surface area contributed by atoms with Crippen molar-refractivity contribution in [2.45, 2.75) is 0 Å². The maximum Gasteiger partial charge on any atom is 0.417 e. The molecule has 0 fully saturated rings. The predicted octanol–water partition coefficient (Wildman–Crippen LogP) is 2.91. The first-order valence-corrected chi connectivity index (χ1v) is 6.33. The lowest BCUT2D eigenvalue weighted by atomic mass is 10.3. The van der Waals surface area contributed by atoms with Gasteiger partial charge >= 0.3 is 6.09 Å². The quantitative estimate of drug-likeness (QED) is 0.692. The Labute approximate surface area is 123 Å². The van der Waals surface area contributed by atoms with E-state index in [1.54, 1.807) is 35.6 Å². The number of nitrogens with zero attached hydrogens (tertiary/aromatic N) is 3. The van der Waals surface area contributed by atoms with Crippen LogP contribution in [0.5, 0.6) is 5.75 Å². The number of nitrogens with one attached hydrogen (secondary N) is 1. The molecule has 21 heavy (non-hydrogen) atoms. The topological polar surface area (TPSA) is 66.8 Å². The monoisotopic (exact) mass is 284 g/mol. The van der Waals surface area contributed by atoms with Gasteiger partial charge in [-0.25, -0.2) is 9.79 Å². The lowest BCUT2D eigenvalue weighted by molar-refractivity contribution is 0.215. The van der Waals surface area contributed by atoms with Gasteiger partial charge in [-0.3, -0.25) is 10.3 Å². The van der Waals surface area contributed by atoms with E-state index in [0.29, 0.717) is 17.1 Å². The number of ether oxygens (including phenoxy) is 1. The van der Waals surface area contributed by atoms with Gasteiger partial charge in [-0.15, -0.1) is 0 Å². The third-order valence-electron chi connectivity index (χ3n) is 2.41. The lowest BCUT2D eigenvalue weighted by Gasteiger charge is -2.08. The number of pyridine rings is 1. The second-order valence-electron chi connectivity index (χ2n) is 4.43. The SMILES string of the molecule is CN(C)C=Nc1ccncc1OC(=O)Nc1ccccc1. The number of amides is 1. The molecule has 1 amide bonds. The average molecular weight is 284 g/mol. The maximum absolute atomic E-state index is 11.8. The average Bonchev–Trinajstić information content (AvgIpc) is 2.47. The summed E-state index contributed by atoms with van der Waals surface area (Å²) in [7, 11) is 3.71. The summed E-state index contributed by atoms with van der Waals surface area (Å²) in [5.74, 6) is 0.295. The van der Waals surface area contributed by atoms with Crippen LogP contribution in [0.15, 0.2) is 53.8 Å². The number of rotatable bonds is 4. The van der Waals surface area contributed by atoms with E-state index in [0.717, 1.165) is 0 Å². The van der Waals surface area contributed by atoms with Crippen molar-refractivity contribution in [2.75, 3.05) is 19.4 Å². The summed E-state index contributed by atoms with van der Waals surface area (Å²) in [5, 5.41) is 2.63. The Kier molecular flexibility index (Phi) is 4.87. The van der Waals surface area contributed by atoms with Crippen LogP contribution in [0.1, 0.15) is 0 Å². The van der Waals surface area contributed by atoms with Crippen molar-refractivity contribution < 1.29 is 9.53 Å². The summed E-state index contributed by atoms with van der Waals surface area (Å²) in [6, 6.07) is 10.7. The van der Waals surface area contributed by atoms with Crippen molar-refractivity contribution in [1.29, 1.82) is 0 Å². The van der Waals surface area contributed by atoms with E-state index in [9.17, 15) is 4.79 Å². The molecular formula is C15H16N4O2. The highest BCUT2D eigenvalue weighted by Crippen LogP contribution is 2.25. The second kappa shape index (κ2) is 7.04.